The van der Waals surface area contributed by atoms with Gasteiger partial charge in [-0.05, 0) is 48.6 Å². The SMILES string of the molecule is CC1CCN(c2ccc3c(c2)S(=O)(=O)N=C(Cl)N3)CC1. The summed E-state index contributed by atoms with van der Waals surface area (Å²) in [7, 11) is -3.70. The van der Waals surface area contributed by atoms with Gasteiger partial charge in [-0.25, -0.2) is 0 Å². The van der Waals surface area contributed by atoms with Crippen molar-refractivity contribution in [2.75, 3.05) is 23.3 Å². The zero-order valence-electron chi connectivity index (χ0n) is 11.1. The highest BCUT2D eigenvalue weighted by Gasteiger charge is 2.26. The normalized spacial score (nSPS) is 21.9. The third kappa shape index (κ3) is 2.50. The standard InChI is InChI=1S/C13H16ClN3O2S/c1-9-4-6-17(7-5-9)10-2-3-11-12(8-10)20(18,19)16-13(14)15-11/h2-3,8-9H,4-7H2,1H3,(H,15,16). The third-order valence-corrected chi connectivity index (χ3v) is 5.43. The van der Waals surface area contributed by atoms with Crippen LogP contribution in [0.15, 0.2) is 27.5 Å². The molecule has 1 saturated heterocycles. The Morgan fingerprint density at radius 1 is 1.35 bits per heavy atom. The van der Waals surface area contributed by atoms with Gasteiger partial charge in [0.15, 0.2) is 0 Å². The topological polar surface area (TPSA) is 61.8 Å². The lowest BCUT2D eigenvalue weighted by atomic mass is 9.99. The zero-order chi connectivity index (χ0) is 14.3. The van der Waals surface area contributed by atoms with Crippen LogP contribution in [-0.2, 0) is 10.0 Å². The Morgan fingerprint density at radius 2 is 2.05 bits per heavy atom. The average Bonchev–Trinajstić information content (AvgIpc) is 2.38. The molecule has 1 aromatic rings. The fourth-order valence-corrected chi connectivity index (χ4v) is 3.98. The largest absolute Gasteiger partial charge is 0.371 e. The summed E-state index contributed by atoms with van der Waals surface area (Å²) < 4.78 is 27.6. The molecule has 3 rings (SSSR count). The predicted molar refractivity (Wildman–Crippen MR) is 81.1 cm³/mol. The van der Waals surface area contributed by atoms with Gasteiger partial charge in [0.2, 0.25) is 5.29 Å². The van der Waals surface area contributed by atoms with Gasteiger partial charge in [0.1, 0.15) is 4.90 Å². The molecule has 0 bridgehead atoms. The number of sulfonamides is 1. The first-order valence-corrected chi connectivity index (χ1v) is 8.44. The van der Waals surface area contributed by atoms with Crippen LogP contribution >= 0.6 is 11.6 Å². The van der Waals surface area contributed by atoms with E-state index in [9.17, 15) is 8.42 Å². The smallest absolute Gasteiger partial charge is 0.287 e. The second kappa shape index (κ2) is 4.93. The van der Waals surface area contributed by atoms with Gasteiger partial charge in [-0.1, -0.05) is 6.92 Å². The molecule has 0 unspecified atom stereocenters. The molecule has 20 heavy (non-hydrogen) atoms. The Balaban J connectivity index is 1.95. The maximum atomic E-state index is 12.0. The fraction of sp³-hybridized carbons (Fsp3) is 0.462. The number of halogens is 1. The van der Waals surface area contributed by atoms with Crippen molar-refractivity contribution in [1.29, 1.82) is 0 Å². The molecular formula is C13H16ClN3O2S. The molecule has 0 saturated carbocycles. The molecule has 7 heteroatoms. The predicted octanol–water partition coefficient (Wildman–Crippen LogP) is 2.63. The highest BCUT2D eigenvalue weighted by Crippen LogP contribution is 2.33. The summed E-state index contributed by atoms with van der Waals surface area (Å²) in [5.74, 6) is 0.734. The first-order chi connectivity index (χ1) is 9.45. The molecule has 0 spiro atoms. The molecular weight excluding hydrogens is 298 g/mol. The summed E-state index contributed by atoms with van der Waals surface area (Å²) in [6.07, 6.45) is 2.26. The Labute approximate surface area is 123 Å². The number of amidine groups is 1. The molecule has 0 atom stereocenters. The van der Waals surface area contributed by atoms with Crippen molar-refractivity contribution in [3.63, 3.8) is 0 Å². The molecule has 5 nitrogen and oxygen atoms in total. The minimum atomic E-state index is -3.70. The van der Waals surface area contributed by atoms with Crippen molar-refractivity contribution in [2.24, 2.45) is 10.3 Å². The Morgan fingerprint density at radius 3 is 2.75 bits per heavy atom. The molecule has 2 heterocycles. The first-order valence-electron chi connectivity index (χ1n) is 6.62. The lowest BCUT2D eigenvalue weighted by Crippen LogP contribution is -2.33. The van der Waals surface area contributed by atoms with E-state index in [0.717, 1.165) is 37.5 Å². The van der Waals surface area contributed by atoms with Gasteiger partial charge in [0.25, 0.3) is 10.0 Å². The number of fused-ring (bicyclic) bond motifs is 1. The molecule has 0 radical (unpaired) electrons. The van der Waals surface area contributed by atoms with E-state index in [-0.39, 0.29) is 10.2 Å². The van der Waals surface area contributed by atoms with Crippen LogP contribution in [-0.4, -0.2) is 26.8 Å². The van der Waals surface area contributed by atoms with E-state index < -0.39 is 10.0 Å². The number of hydrogen-bond acceptors (Lipinski definition) is 4. The minimum absolute atomic E-state index is 0.114. The number of benzene rings is 1. The second-order valence-corrected chi connectivity index (χ2v) is 7.26. The van der Waals surface area contributed by atoms with Crippen LogP contribution in [0.5, 0.6) is 0 Å². The Kier molecular flexibility index (Phi) is 3.38. The number of rotatable bonds is 1. The average molecular weight is 314 g/mol. The molecule has 0 amide bonds. The van der Waals surface area contributed by atoms with Gasteiger partial charge in [0, 0.05) is 18.8 Å². The molecule has 1 aromatic carbocycles. The van der Waals surface area contributed by atoms with E-state index >= 15 is 0 Å². The van der Waals surface area contributed by atoms with Crippen LogP contribution in [0, 0.1) is 5.92 Å². The summed E-state index contributed by atoms with van der Waals surface area (Å²) in [6, 6.07) is 5.35. The summed E-state index contributed by atoms with van der Waals surface area (Å²) in [4.78, 5) is 2.41. The zero-order valence-corrected chi connectivity index (χ0v) is 12.7. The molecule has 1 fully saturated rings. The summed E-state index contributed by atoms with van der Waals surface area (Å²) in [5, 5.41) is 2.66. The lowest BCUT2D eigenvalue weighted by Gasteiger charge is -2.32. The number of nitrogens with one attached hydrogen (secondary N) is 1. The van der Waals surface area contributed by atoms with Crippen molar-refractivity contribution in [3.05, 3.63) is 18.2 Å². The maximum Gasteiger partial charge on any atom is 0.287 e. The van der Waals surface area contributed by atoms with E-state index in [1.165, 1.54) is 0 Å². The van der Waals surface area contributed by atoms with Crippen molar-refractivity contribution < 1.29 is 8.42 Å². The van der Waals surface area contributed by atoms with Crippen molar-refractivity contribution in [3.8, 4) is 0 Å². The van der Waals surface area contributed by atoms with Crippen molar-refractivity contribution in [1.82, 2.24) is 0 Å². The third-order valence-electron chi connectivity index (χ3n) is 3.83. The first kappa shape index (κ1) is 13.7. The molecule has 2 aliphatic heterocycles. The van der Waals surface area contributed by atoms with Crippen LogP contribution < -0.4 is 10.2 Å². The van der Waals surface area contributed by atoms with Gasteiger partial charge < -0.3 is 10.2 Å². The van der Waals surface area contributed by atoms with Crippen LogP contribution in [0.3, 0.4) is 0 Å². The highest BCUT2D eigenvalue weighted by atomic mass is 35.5. The van der Waals surface area contributed by atoms with E-state index in [0.29, 0.717) is 5.69 Å². The van der Waals surface area contributed by atoms with Gasteiger partial charge in [0.05, 0.1) is 5.69 Å². The number of anilines is 2. The van der Waals surface area contributed by atoms with Gasteiger partial charge in [-0.2, -0.15) is 8.42 Å². The maximum absolute atomic E-state index is 12.0. The second-order valence-electron chi connectivity index (χ2n) is 5.33. The van der Waals surface area contributed by atoms with E-state index in [1.54, 1.807) is 12.1 Å². The number of hydrogen-bond donors (Lipinski definition) is 1. The monoisotopic (exact) mass is 313 g/mol. The van der Waals surface area contributed by atoms with Crippen LogP contribution in [0.1, 0.15) is 19.8 Å². The number of piperidine rings is 1. The van der Waals surface area contributed by atoms with Crippen LogP contribution in [0.25, 0.3) is 0 Å². The van der Waals surface area contributed by atoms with Gasteiger partial charge >= 0.3 is 0 Å². The van der Waals surface area contributed by atoms with Crippen molar-refractivity contribution >= 4 is 38.3 Å². The lowest BCUT2D eigenvalue weighted by molar-refractivity contribution is 0.438. The van der Waals surface area contributed by atoms with Gasteiger partial charge in [-0.3, -0.25) is 0 Å². The van der Waals surface area contributed by atoms with Crippen molar-refractivity contribution in [2.45, 2.75) is 24.7 Å². The van der Waals surface area contributed by atoms with E-state index in [2.05, 4.69) is 21.5 Å². The Hall–Kier alpha value is -1.27. The molecule has 2 aliphatic rings. The minimum Gasteiger partial charge on any atom is -0.371 e. The fourth-order valence-electron chi connectivity index (χ4n) is 2.58. The van der Waals surface area contributed by atoms with Crippen LogP contribution in [0.4, 0.5) is 11.4 Å². The molecule has 1 N–H and O–H groups in total. The summed E-state index contributed by atoms with van der Waals surface area (Å²) >= 11 is 5.68. The Bertz CT molecular complexity index is 664. The highest BCUT2D eigenvalue weighted by molar-refractivity contribution is 7.90. The molecule has 0 aromatic heterocycles. The summed E-state index contributed by atoms with van der Waals surface area (Å²) in [6.45, 7) is 4.16. The molecule has 108 valence electrons. The van der Waals surface area contributed by atoms with E-state index in [4.69, 9.17) is 11.6 Å². The van der Waals surface area contributed by atoms with Crippen LogP contribution in [0.2, 0.25) is 0 Å². The molecule has 0 aliphatic carbocycles. The van der Waals surface area contributed by atoms with E-state index in [1.807, 2.05) is 6.07 Å². The van der Waals surface area contributed by atoms with Gasteiger partial charge in [-0.15, -0.1) is 4.40 Å². The quantitative estimate of drug-likeness (QED) is 0.810. The number of nitrogens with zero attached hydrogens (tertiary/aromatic N) is 2. The summed E-state index contributed by atoms with van der Waals surface area (Å²) in [5.41, 5.74) is 1.41.